The molecule has 0 amide bonds. The van der Waals surface area contributed by atoms with Gasteiger partial charge in [-0.25, -0.2) is 18.4 Å². The number of Topliss-reactive ketones (excluding diaryl/α,β-unsaturated/α-hetero) is 1. The van der Waals surface area contributed by atoms with E-state index in [1.54, 1.807) is 24.3 Å². The Hall–Kier alpha value is -2.71. The first kappa shape index (κ1) is 19.6. The molecule has 2 N–H and O–H groups in total. The van der Waals surface area contributed by atoms with E-state index in [0.29, 0.717) is 5.56 Å². The molecule has 0 aliphatic rings. The van der Waals surface area contributed by atoms with Crippen molar-refractivity contribution in [2.24, 2.45) is 5.14 Å². The van der Waals surface area contributed by atoms with E-state index in [9.17, 15) is 18.0 Å². The van der Waals surface area contributed by atoms with Crippen molar-refractivity contribution in [3.05, 3.63) is 59.2 Å². The summed E-state index contributed by atoms with van der Waals surface area (Å²) in [5, 5.41) is 5.08. The Bertz CT molecular complexity index is 935. The van der Waals surface area contributed by atoms with Crippen LogP contribution in [0.5, 0.6) is 5.75 Å². The van der Waals surface area contributed by atoms with Crippen molar-refractivity contribution in [1.82, 2.24) is 0 Å². The zero-order valence-corrected chi connectivity index (χ0v) is 15.4. The van der Waals surface area contributed by atoms with E-state index < -0.39 is 22.1 Å². The maximum Gasteiger partial charge on any atom is 0.342 e. The number of ketones is 1. The lowest BCUT2D eigenvalue weighted by Crippen LogP contribution is -2.25. The third-order valence-electron chi connectivity index (χ3n) is 3.71. The fourth-order valence-electron chi connectivity index (χ4n) is 2.25. The zero-order valence-electron chi connectivity index (χ0n) is 14.6. The van der Waals surface area contributed by atoms with Crippen LogP contribution < -0.4 is 9.88 Å². The monoisotopic (exact) mass is 377 g/mol. The van der Waals surface area contributed by atoms with Gasteiger partial charge in [0.05, 0.1) is 12.0 Å². The Morgan fingerprint density at radius 1 is 1.08 bits per heavy atom. The second-order valence-corrected chi connectivity index (χ2v) is 7.25. The number of nitrogens with two attached hydrogens (primary N) is 1. The van der Waals surface area contributed by atoms with Crippen molar-refractivity contribution < 1.29 is 27.5 Å². The highest BCUT2D eigenvalue weighted by Gasteiger charge is 2.24. The highest BCUT2D eigenvalue weighted by Crippen LogP contribution is 2.23. The molecule has 0 radical (unpaired) electrons. The summed E-state index contributed by atoms with van der Waals surface area (Å²) >= 11 is 0. The quantitative estimate of drug-likeness (QED) is 0.609. The Morgan fingerprint density at radius 3 is 2.23 bits per heavy atom. The number of rotatable bonds is 6. The van der Waals surface area contributed by atoms with Crippen molar-refractivity contribution in [3.8, 4) is 5.75 Å². The number of carbonyl (C=O) groups is 2. The molecular formula is C18H19NO6S. The molecule has 0 bridgehead atoms. The number of hydrogen-bond acceptors (Lipinski definition) is 6. The molecule has 0 saturated heterocycles. The first-order valence-corrected chi connectivity index (χ1v) is 9.21. The van der Waals surface area contributed by atoms with Gasteiger partial charge in [0.2, 0.25) is 15.8 Å². The molecule has 2 aromatic carbocycles. The van der Waals surface area contributed by atoms with Crippen molar-refractivity contribution in [3.63, 3.8) is 0 Å². The summed E-state index contributed by atoms with van der Waals surface area (Å²) in [6.07, 6.45) is -1.06. The van der Waals surface area contributed by atoms with Crippen LogP contribution in [0.25, 0.3) is 0 Å². The minimum atomic E-state index is -4.01. The van der Waals surface area contributed by atoms with Crippen molar-refractivity contribution in [2.75, 3.05) is 7.11 Å². The molecular weight excluding hydrogens is 358 g/mol. The lowest BCUT2D eigenvalue weighted by Gasteiger charge is -2.14. The van der Waals surface area contributed by atoms with Crippen LogP contribution in [0.15, 0.2) is 47.4 Å². The SMILES string of the molecule is COc1ccc(S(N)(=O)=O)cc1C(=O)O[C@@H](C)C(=O)c1ccc(C)cc1. The van der Waals surface area contributed by atoms with Gasteiger partial charge in [0.1, 0.15) is 11.3 Å². The number of benzene rings is 2. The van der Waals surface area contributed by atoms with Crippen molar-refractivity contribution >= 4 is 21.8 Å². The summed E-state index contributed by atoms with van der Waals surface area (Å²) in [7, 11) is -2.68. The first-order valence-electron chi connectivity index (χ1n) is 7.66. The van der Waals surface area contributed by atoms with Gasteiger partial charge >= 0.3 is 5.97 Å². The predicted molar refractivity (Wildman–Crippen MR) is 94.8 cm³/mol. The molecule has 138 valence electrons. The molecule has 1 atom stereocenters. The Balaban J connectivity index is 2.25. The summed E-state index contributed by atoms with van der Waals surface area (Å²) in [4.78, 5) is 24.5. The summed E-state index contributed by atoms with van der Waals surface area (Å²) in [6, 6.07) is 10.4. The van der Waals surface area contributed by atoms with Gasteiger partial charge in [0.15, 0.2) is 6.10 Å². The minimum absolute atomic E-state index is 0.109. The number of ether oxygens (including phenoxy) is 2. The number of hydrogen-bond donors (Lipinski definition) is 1. The normalized spacial score (nSPS) is 12.3. The number of esters is 1. The van der Waals surface area contributed by atoms with Crippen LogP contribution in [0, 0.1) is 6.92 Å². The van der Waals surface area contributed by atoms with Crippen LogP contribution in [0.4, 0.5) is 0 Å². The molecule has 0 unspecified atom stereocenters. The van der Waals surface area contributed by atoms with E-state index in [1.807, 2.05) is 6.92 Å². The number of primary sulfonamides is 1. The van der Waals surface area contributed by atoms with Crippen molar-refractivity contribution in [1.29, 1.82) is 0 Å². The molecule has 0 fully saturated rings. The first-order chi connectivity index (χ1) is 12.1. The van der Waals surface area contributed by atoms with Crippen molar-refractivity contribution in [2.45, 2.75) is 24.8 Å². The number of aryl methyl sites for hydroxylation is 1. The average molecular weight is 377 g/mol. The second kappa shape index (κ2) is 7.67. The lowest BCUT2D eigenvalue weighted by atomic mass is 10.1. The van der Waals surface area contributed by atoms with E-state index in [1.165, 1.54) is 26.2 Å². The van der Waals surface area contributed by atoms with E-state index in [-0.39, 0.29) is 22.0 Å². The summed E-state index contributed by atoms with van der Waals surface area (Å²) in [5.74, 6) is -1.15. The van der Waals surface area contributed by atoms with Gasteiger partial charge < -0.3 is 9.47 Å². The molecule has 8 heteroatoms. The summed E-state index contributed by atoms with van der Waals surface area (Å²) < 4.78 is 33.2. The smallest absolute Gasteiger partial charge is 0.342 e. The largest absolute Gasteiger partial charge is 0.496 e. The van der Waals surface area contributed by atoms with Gasteiger partial charge in [-0.05, 0) is 32.0 Å². The molecule has 0 spiro atoms. The predicted octanol–water partition coefficient (Wildman–Crippen LogP) is 2.08. The van der Waals surface area contributed by atoms with E-state index >= 15 is 0 Å². The minimum Gasteiger partial charge on any atom is -0.496 e. The van der Waals surface area contributed by atoms with E-state index in [4.69, 9.17) is 14.6 Å². The maximum absolute atomic E-state index is 12.4. The van der Waals surface area contributed by atoms with Crippen LogP contribution in [-0.2, 0) is 14.8 Å². The van der Waals surface area contributed by atoms with Crippen LogP contribution in [-0.4, -0.2) is 33.4 Å². The van der Waals surface area contributed by atoms with Gasteiger partial charge in [-0.15, -0.1) is 0 Å². The van der Waals surface area contributed by atoms with Crippen LogP contribution in [0.2, 0.25) is 0 Å². The van der Waals surface area contributed by atoms with Crippen LogP contribution in [0.3, 0.4) is 0 Å². The molecule has 2 rings (SSSR count). The number of methoxy groups -OCH3 is 1. The van der Waals surface area contributed by atoms with E-state index in [0.717, 1.165) is 11.6 Å². The second-order valence-electron chi connectivity index (χ2n) is 5.68. The van der Waals surface area contributed by atoms with Gasteiger partial charge in [0.25, 0.3) is 0 Å². The molecule has 0 aromatic heterocycles. The molecule has 7 nitrogen and oxygen atoms in total. The standard InChI is InChI=1S/C18H19NO6S/c1-11-4-6-13(7-5-11)17(20)12(2)25-18(21)15-10-14(26(19,22)23)8-9-16(15)24-3/h4-10,12H,1-3H3,(H2,19,22,23)/t12-/m0/s1. The maximum atomic E-state index is 12.4. The number of sulfonamides is 1. The van der Waals surface area contributed by atoms with Crippen LogP contribution in [0.1, 0.15) is 33.2 Å². The highest BCUT2D eigenvalue weighted by molar-refractivity contribution is 7.89. The van der Waals surface area contributed by atoms with Crippen LogP contribution >= 0.6 is 0 Å². The summed E-state index contributed by atoms with van der Waals surface area (Å²) in [6.45, 7) is 3.33. The Labute approximate surface area is 151 Å². The fourth-order valence-corrected chi connectivity index (χ4v) is 2.79. The molecule has 0 aliphatic carbocycles. The molecule has 0 heterocycles. The molecule has 26 heavy (non-hydrogen) atoms. The van der Waals surface area contributed by atoms with Gasteiger partial charge in [0, 0.05) is 5.56 Å². The Kier molecular flexibility index (Phi) is 5.79. The molecule has 2 aromatic rings. The highest BCUT2D eigenvalue weighted by atomic mass is 32.2. The summed E-state index contributed by atoms with van der Waals surface area (Å²) in [5.41, 5.74) is 1.26. The Morgan fingerprint density at radius 2 is 1.69 bits per heavy atom. The van der Waals surface area contributed by atoms with Gasteiger partial charge in [-0.3, -0.25) is 4.79 Å². The molecule has 0 saturated carbocycles. The number of carbonyl (C=O) groups excluding carboxylic acids is 2. The van der Waals surface area contributed by atoms with Gasteiger partial charge in [-0.2, -0.15) is 0 Å². The third kappa shape index (κ3) is 4.47. The topological polar surface area (TPSA) is 113 Å². The lowest BCUT2D eigenvalue weighted by molar-refractivity contribution is 0.0315. The average Bonchev–Trinajstić information content (AvgIpc) is 2.60. The third-order valence-corrected chi connectivity index (χ3v) is 4.62. The van der Waals surface area contributed by atoms with Gasteiger partial charge in [-0.1, -0.05) is 29.8 Å². The van der Waals surface area contributed by atoms with E-state index in [2.05, 4.69) is 0 Å². The zero-order chi connectivity index (χ0) is 19.5. The molecule has 0 aliphatic heterocycles. The fraction of sp³-hybridized carbons (Fsp3) is 0.222.